The van der Waals surface area contributed by atoms with E-state index < -0.39 is 10.8 Å². The highest BCUT2D eigenvalue weighted by Crippen LogP contribution is 2.44. The van der Waals surface area contributed by atoms with Gasteiger partial charge in [0.05, 0.1) is 4.92 Å². The fourth-order valence-corrected chi connectivity index (χ4v) is 4.63. The third-order valence-electron chi connectivity index (χ3n) is 5.45. The average Bonchev–Trinajstić information content (AvgIpc) is 2.67. The van der Waals surface area contributed by atoms with Gasteiger partial charge in [-0.15, -0.1) is 0 Å². The van der Waals surface area contributed by atoms with Gasteiger partial charge in [-0.25, -0.2) is 0 Å². The van der Waals surface area contributed by atoms with Crippen molar-refractivity contribution in [3.05, 3.63) is 85.0 Å². The topological polar surface area (TPSA) is 89.3 Å². The van der Waals surface area contributed by atoms with Gasteiger partial charge in [-0.3, -0.25) is 19.7 Å². The maximum Gasteiger partial charge on any atom is 0.288 e. The predicted molar refractivity (Wildman–Crippen MR) is 109 cm³/mol. The van der Waals surface area contributed by atoms with E-state index in [1.807, 2.05) is 18.2 Å². The van der Waals surface area contributed by atoms with Crippen molar-refractivity contribution in [2.24, 2.45) is 0 Å². The Morgan fingerprint density at radius 2 is 1.76 bits per heavy atom. The number of allylic oxidation sites excluding steroid dienone is 2. The Kier molecular flexibility index (Phi) is 5.15. The molecule has 1 heterocycles. The molecular formula is C21H16Cl2N2O4. The molecule has 2 atom stereocenters. The Bertz CT molecular complexity index is 1080. The number of amides is 1. The van der Waals surface area contributed by atoms with E-state index in [9.17, 15) is 19.7 Å². The first-order valence-corrected chi connectivity index (χ1v) is 9.85. The van der Waals surface area contributed by atoms with Crippen molar-refractivity contribution in [1.82, 2.24) is 5.32 Å². The van der Waals surface area contributed by atoms with Crippen LogP contribution in [0.15, 0.2) is 53.7 Å². The summed E-state index contributed by atoms with van der Waals surface area (Å²) >= 11 is 12.2. The zero-order chi connectivity index (χ0) is 20.7. The molecule has 0 radical (unpaired) electrons. The smallest absolute Gasteiger partial charge is 0.288 e. The van der Waals surface area contributed by atoms with E-state index in [1.165, 1.54) is 12.1 Å². The van der Waals surface area contributed by atoms with Crippen LogP contribution in [0.4, 0.5) is 5.69 Å². The quantitative estimate of drug-likeness (QED) is 0.553. The first-order valence-electron chi connectivity index (χ1n) is 9.09. The van der Waals surface area contributed by atoms with Crippen molar-refractivity contribution >= 4 is 40.6 Å². The fourth-order valence-electron chi connectivity index (χ4n) is 4.16. The highest BCUT2D eigenvalue weighted by molar-refractivity contribution is 6.32. The van der Waals surface area contributed by atoms with E-state index >= 15 is 0 Å². The number of nitrogens with one attached hydrogen (secondary N) is 1. The molecule has 2 aliphatic rings. The van der Waals surface area contributed by atoms with Crippen LogP contribution in [0, 0.1) is 10.1 Å². The van der Waals surface area contributed by atoms with Crippen molar-refractivity contribution in [2.45, 2.75) is 31.1 Å². The van der Waals surface area contributed by atoms with Crippen LogP contribution in [0.1, 0.15) is 42.2 Å². The molecule has 1 aliphatic heterocycles. The van der Waals surface area contributed by atoms with E-state index in [1.54, 1.807) is 12.1 Å². The number of nitrogens with zero attached hydrogens (tertiary/aromatic N) is 1. The molecule has 1 N–H and O–H groups in total. The molecule has 0 spiro atoms. The maximum absolute atomic E-state index is 13.1. The van der Waals surface area contributed by atoms with Gasteiger partial charge in [-0.2, -0.15) is 0 Å². The molecule has 6 nitrogen and oxygen atoms in total. The van der Waals surface area contributed by atoms with Crippen LogP contribution in [0.5, 0.6) is 0 Å². The minimum absolute atomic E-state index is 0.0157. The molecule has 148 valence electrons. The summed E-state index contributed by atoms with van der Waals surface area (Å²) in [4.78, 5) is 36.1. The Morgan fingerprint density at radius 1 is 1.00 bits per heavy atom. The third-order valence-corrected chi connectivity index (χ3v) is 6.11. The van der Waals surface area contributed by atoms with Gasteiger partial charge in [0.15, 0.2) is 5.78 Å². The summed E-state index contributed by atoms with van der Waals surface area (Å²) in [5.41, 5.74) is 2.25. The van der Waals surface area contributed by atoms with E-state index in [0.29, 0.717) is 28.3 Å². The van der Waals surface area contributed by atoms with E-state index in [-0.39, 0.29) is 41.2 Å². The second kappa shape index (κ2) is 7.61. The second-order valence-corrected chi connectivity index (χ2v) is 8.03. The highest BCUT2D eigenvalue weighted by Gasteiger charge is 2.39. The van der Waals surface area contributed by atoms with Gasteiger partial charge in [-0.05, 0) is 35.6 Å². The molecule has 2 aromatic carbocycles. The normalized spacial score (nSPS) is 21.6. The Morgan fingerprint density at radius 3 is 2.48 bits per heavy atom. The summed E-state index contributed by atoms with van der Waals surface area (Å²) < 4.78 is 0. The number of ketones is 1. The van der Waals surface area contributed by atoms with Crippen LogP contribution in [-0.2, 0) is 9.59 Å². The van der Waals surface area contributed by atoms with E-state index in [2.05, 4.69) is 5.32 Å². The largest absolute Gasteiger partial charge is 0.329 e. The molecule has 0 unspecified atom stereocenters. The molecule has 1 aliphatic carbocycles. The van der Waals surface area contributed by atoms with Crippen LogP contribution < -0.4 is 5.32 Å². The Labute approximate surface area is 176 Å². The molecule has 0 saturated carbocycles. The third kappa shape index (κ3) is 3.66. The lowest BCUT2D eigenvalue weighted by Gasteiger charge is -2.34. The van der Waals surface area contributed by atoms with E-state index in [0.717, 1.165) is 5.56 Å². The van der Waals surface area contributed by atoms with Crippen molar-refractivity contribution in [3.63, 3.8) is 0 Å². The van der Waals surface area contributed by atoms with Crippen LogP contribution in [0.2, 0.25) is 10.0 Å². The summed E-state index contributed by atoms with van der Waals surface area (Å²) in [6.45, 7) is 0. The Hall–Kier alpha value is -2.70. The van der Waals surface area contributed by atoms with Crippen molar-refractivity contribution in [2.75, 3.05) is 0 Å². The molecule has 0 aromatic heterocycles. The van der Waals surface area contributed by atoms with Gasteiger partial charge in [0.25, 0.3) is 5.69 Å². The van der Waals surface area contributed by atoms with Gasteiger partial charge >= 0.3 is 0 Å². The Balaban J connectivity index is 1.75. The predicted octanol–water partition coefficient (Wildman–Crippen LogP) is 4.91. The first kappa shape index (κ1) is 19.6. The average molecular weight is 431 g/mol. The molecule has 8 heteroatoms. The maximum atomic E-state index is 13.1. The number of benzene rings is 2. The summed E-state index contributed by atoms with van der Waals surface area (Å²) in [6.07, 6.45) is 0.799. The molecule has 0 fully saturated rings. The number of rotatable bonds is 3. The first-order chi connectivity index (χ1) is 13.8. The number of Topliss-reactive ketones (excluding diaryl/α,β-unsaturated/α-hetero) is 1. The van der Waals surface area contributed by atoms with Crippen LogP contribution in [-0.4, -0.2) is 16.6 Å². The SMILES string of the molecule is O=C1C[C@@H](c2ccc(Cl)c([N+](=O)[O-])c2)C2=C(C[C@H](c3ccccc3Cl)CC2=O)N1. The van der Waals surface area contributed by atoms with Gasteiger partial charge in [0.1, 0.15) is 5.02 Å². The molecule has 1 amide bonds. The standard InChI is InChI=1S/C21H16Cl2N2O4/c22-15-4-2-1-3-13(15)12-7-17-21(19(26)9-12)14(10-20(27)24-17)11-5-6-16(23)18(8-11)25(28)29/h1-6,8,12,14H,7,9-10H2,(H,24,27)/t12-,14-/m0/s1. The van der Waals surface area contributed by atoms with Gasteiger partial charge < -0.3 is 5.32 Å². The lowest BCUT2D eigenvalue weighted by molar-refractivity contribution is -0.384. The number of nitro benzene ring substituents is 1. The van der Waals surface area contributed by atoms with Crippen molar-refractivity contribution in [1.29, 1.82) is 0 Å². The number of carbonyl (C=O) groups is 2. The number of halogens is 2. The van der Waals surface area contributed by atoms with Gasteiger partial charge in [0, 0.05) is 41.1 Å². The second-order valence-electron chi connectivity index (χ2n) is 7.21. The molecule has 2 aromatic rings. The summed E-state index contributed by atoms with van der Waals surface area (Å²) in [6, 6.07) is 11.8. The van der Waals surface area contributed by atoms with Crippen LogP contribution in [0.3, 0.4) is 0 Å². The molecule has 29 heavy (non-hydrogen) atoms. The van der Waals surface area contributed by atoms with Crippen LogP contribution >= 0.6 is 23.2 Å². The minimum atomic E-state index is -0.569. The minimum Gasteiger partial charge on any atom is -0.329 e. The van der Waals surface area contributed by atoms with Gasteiger partial charge in [0.2, 0.25) is 5.91 Å². The summed E-state index contributed by atoms with van der Waals surface area (Å²) in [7, 11) is 0. The zero-order valence-corrected chi connectivity index (χ0v) is 16.7. The summed E-state index contributed by atoms with van der Waals surface area (Å²) in [5, 5.41) is 14.7. The number of nitro groups is 1. The molecule has 4 rings (SSSR count). The summed E-state index contributed by atoms with van der Waals surface area (Å²) in [5.74, 6) is -0.972. The monoisotopic (exact) mass is 430 g/mol. The number of hydrogen-bond donors (Lipinski definition) is 1. The highest BCUT2D eigenvalue weighted by atomic mass is 35.5. The van der Waals surface area contributed by atoms with Crippen LogP contribution in [0.25, 0.3) is 0 Å². The molecule has 0 bridgehead atoms. The van der Waals surface area contributed by atoms with Gasteiger partial charge in [-0.1, -0.05) is 47.5 Å². The number of carbonyl (C=O) groups excluding carboxylic acids is 2. The lowest BCUT2D eigenvalue weighted by atomic mass is 9.73. The van der Waals surface area contributed by atoms with E-state index in [4.69, 9.17) is 23.2 Å². The molecule has 0 saturated heterocycles. The lowest BCUT2D eigenvalue weighted by Crippen LogP contribution is -2.38. The molecular weight excluding hydrogens is 415 g/mol. The number of hydrogen-bond acceptors (Lipinski definition) is 4. The van der Waals surface area contributed by atoms with Crippen molar-refractivity contribution < 1.29 is 14.5 Å². The fraction of sp³-hybridized carbons (Fsp3) is 0.238. The van der Waals surface area contributed by atoms with Crippen molar-refractivity contribution in [3.8, 4) is 0 Å². The zero-order valence-electron chi connectivity index (χ0n) is 15.2.